The summed E-state index contributed by atoms with van der Waals surface area (Å²) in [6, 6.07) is 5.97. The van der Waals surface area contributed by atoms with Crippen molar-refractivity contribution in [1.82, 2.24) is 5.32 Å². The van der Waals surface area contributed by atoms with E-state index in [2.05, 4.69) is 19.2 Å². The van der Waals surface area contributed by atoms with Crippen LogP contribution in [-0.4, -0.2) is 27.8 Å². The van der Waals surface area contributed by atoms with Crippen LogP contribution in [-0.2, 0) is 15.6 Å². The molecule has 0 aliphatic rings. The van der Waals surface area contributed by atoms with Crippen molar-refractivity contribution in [2.45, 2.75) is 45.4 Å². The number of ether oxygens (including phenoxy) is 1. The van der Waals surface area contributed by atoms with Gasteiger partial charge in [-0.05, 0) is 37.6 Å². The Hall–Kier alpha value is -1.07. The Balaban J connectivity index is 3.00. The number of hydrogen-bond acceptors (Lipinski definition) is 4. The van der Waals surface area contributed by atoms with Gasteiger partial charge >= 0.3 is 0 Å². The van der Waals surface area contributed by atoms with E-state index in [1.807, 2.05) is 25.1 Å². The molecule has 0 aromatic heterocycles. The van der Waals surface area contributed by atoms with Crippen molar-refractivity contribution in [3.63, 3.8) is 0 Å². The molecule has 1 aromatic rings. The molecule has 0 amide bonds. The summed E-state index contributed by atoms with van der Waals surface area (Å²) in [4.78, 5) is 0. The highest BCUT2D eigenvalue weighted by Crippen LogP contribution is 2.25. The van der Waals surface area contributed by atoms with Crippen molar-refractivity contribution < 1.29 is 13.2 Å². The third-order valence-electron chi connectivity index (χ3n) is 3.50. The summed E-state index contributed by atoms with van der Waals surface area (Å²) < 4.78 is 29.6. The highest BCUT2D eigenvalue weighted by Gasteiger charge is 2.16. The summed E-state index contributed by atoms with van der Waals surface area (Å²) in [6.07, 6.45) is 1.59. The Morgan fingerprint density at radius 2 is 2.00 bits per heavy atom. The number of benzene rings is 1. The lowest BCUT2D eigenvalue weighted by atomic mass is 10.0. The Bertz CT molecular complexity index is 540. The minimum Gasteiger partial charge on any atom is -0.496 e. The number of sulfone groups is 1. The summed E-state index contributed by atoms with van der Waals surface area (Å²) >= 11 is 0. The first-order valence-corrected chi connectivity index (χ1v) is 9.36. The Kier molecular flexibility index (Phi) is 7.18. The molecule has 4 nitrogen and oxygen atoms in total. The van der Waals surface area contributed by atoms with Crippen molar-refractivity contribution in [3.05, 3.63) is 29.3 Å². The summed E-state index contributed by atoms with van der Waals surface area (Å²) in [5.74, 6) is 0.921. The number of unbranched alkanes of at least 4 members (excludes halogenated alkanes) is 1. The normalized spacial score (nSPS) is 13.1. The average Bonchev–Trinajstić information content (AvgIpc) is 2.45. The van der Waals surface area contributed by atoms with E-state index in [1.165, 1.54) is 0 Å². The molecule has 21 heavy (non-hydrogen) atoms. The lowest BCUT2D eigenvalue weighted by Gasteiger charge is -2.16. The lowest BCUT2D eigenvalue weighted by molar-refractivity contribution is 0.410. The molecule has 0 spiro atoms. The van der Waals surface area contributed by atoms with Crippen LogP contribution < -0.4 is 10.1 Å². The van der Waals surface area contributed by atoms with Gasteiger partial charge in [0, 0.05) is 11.6 Å². The van der Waals surface area contributed by atoms with Crippen LogP contribution in [0.3, 0.4) is 0 Å². The van der Waals surface area contributed by atoms with Gasteiger partial charge in [-0.1, -0.05) is 26.3 Å². The molecule has 0 saturated carbocycles. The van der Waals surface area contributed by atoms with Crippen molar-refractivity contribution in [3.8, 4) is 5.75 Å². The Morgan fingerprint density at radius 1 is 1.29 bits per heavy atom. The van der Waals surface area contributed by atoms with Crippen LogP contribution in [0.1, 0.15) is 50.8 Å². The molecule has 1 atom stereocenters. The highest BCUT2D eigenvalue weighted by molar-refractivity contribution is 7.90. The molecule has 0 fully saturated rings. The van der Waals surface area contributed by atoms with Gasteiger partial charge in [0.05, 0.1) is 18.6 Å². The molecule has 0 aliphatic heterocycles. The van der Waals surface area contributed by atoms with Crippen molar-refractivity contribution in [2.75, 3.05) is 19.4 Å². The largest absolute Gasteiger partial charge is 0.496 e. The number of methoxy groups -OCH3 is 1. The van der Waals surface area contributed by atoms with Gasteiger partial charge in [0.25, 0.3) is 0 Å². The summed E-state index contributed by atoms with van der Waals surface area (Å²) in [6.45, 7) is 6.99. The van der Waals surface area contributed by atoms with E-state index in [4.69, 9.17) is 4.74 Å². The fourth-order valence-electron chi connectivity index (χ4n) is 2.28. The topological polar surface area (TPSA) is 55.4 Å². The van der Waals surface area contributed by atoms with E-state index in [-0.39, 0.29) is 17.5 Å². The number of rotatable bonds is 9. The smallest absolute Gasteiger partial charge is 0.154 e. The molecule has 0 heterocycles. The zero-order valence-corrected chi connectivity index (χ0v) is 14.3. The fourth-order valence-corrected chi connectivity index (χ4v) is 3.85. The van der Waals surface area contributed by atoms with Gasteiger partial charge in [0.15, 0.2) is 9.84 Å². The van der Waals surface area contributed by atoms with Gasteiger partial charge in [-0.15, -0.1) is 0 Å². The Labute approximate surface area is 128 Å². The van der Waals surface area contributed by atoms with Crippen LogP contribution in [0.15, 0.2) is 18.2 Å². The van der Waals surface area contributed by atoms with Crippen LogP contribution in [0.5, 0.6) is 5.75 Å². The van der Waals surface area contributed by atoms with E-state index in [0.29, 0.717) is 12.2 Å². The van der Waals surface area contributed by atoms with Gasteiger partial charge in [0.1, 0.15) is 5.75 Å². The molecule has 0 saturated heterocycles. The van der Waals surface area contributed by atoms with Crippen molar-refractivity contribution >= 4 is 9.84 Å². The van der Waals surface area contributed by atoms with Crippen molar-refractivity contribution in [1.29, 1.82) is 0 Å². The molecular weight excluding hydrogens is 286 g/mol. The van der Waals surface area contributed by atoms with Crippen LogP contribution in [0.2, 0.25) is 0 Å². The van der Waals surface area contributed by atoms with Gasteiger partial charge < -0.3 is 10.1 Å². The Morgan fingerprint density at radius 3 is 2.57 bits per heavy atom. The molecule has 0 aliphatic carbocycles. The molecular formula is C16H27NO3S. The third-order valence-corrected chi connectivity index (χ3v) is 5.16. The fraction of sp³-hybridized carbons (Fsp3) is 0.625. The van der Waals surface area contributed by atoms with Gasteiger partial charge in [0.2, 0.25) is 0 Å². The second kappa shape index (κ2) is 8.39. The summed E-state index contributed by atoms with van der Waals surface area (Å²) in [5, 5.41) is 3.33. The van der Waals surface area contributed by atoms with E-state index in [1.54, 1.807) is 7.11 Å². The standard InChI is InChI=1S/C16H27NO3S/c1-5-7-10-21(18,19)12-15-11-14(13(3)17-6-2)8-9-16(15)20-4/h8-9,11,13,17H,5-7,10,12H2,1-4H3. The first-order chi connectivity index (χ1) is 9.93. The monoisotopic (exact) mass is 313 g/mol. The van der Waals surface area contributed by atoms with E-state index in [0.717, 1.165) is 24.1 Å². The molecule has 120 valence electrons. The molecule has 1 N–H and O–H groups in total. The first kappa shape index (κ1) is 18.0. The molecule has 5 heteroatoms. The van der Waals surface area contributed by atoms with E-state index in [9.17, 15) is 8.42 Å². The lowest BCUT2D eigenvalue weighted by Crippen LogP contribution is -2.18. The van der Waals surface area contributed by atoms with Crippen LogP contribution in [0, 0.1) is 0 Å². The highest BCUT2D eigenvalue weighted by atomic mass is 32.2. The maximum atomic E-state index is 12.2. The maximum absolute atomic E-state index is 12.2. The molecule has 0 bridgehead atoms. The minimum atomic E-state index is -3.08. The van der Waals surface area contributed by atoms with Crippen LogP contribution >= 0.6 is 0 Å². The van der Waals surface area contributed by atoms with Crippen molar-refractivity contribution in [2.24, 2.45) is 0 Å². The van der Waals surface area contributed by atoms with Gasteiger partial charge in [-0.25, -0.2) is 8.42 Å². The van der Waals surface area contributed by atoms with Gasteiger partial charge in [-0.2, -0.15) is 0 Å². The molecule has 0 radical (unpaired) electrons. The minimum absolute atomic E-state index is 0.0445. The predicted octanol–water partition coefficient (Wildman–Crippen LogP) is 3.08. The van der Waals surface area contributed by atoms with E-state index >= 15 is 0 Å². The first-order valence-electron chi connectivity index (χ1n) is 7.54. The number of nitrogens with one attached hydrogen (secondary N) is 1. The van der Waals surface area contributed by atoms with Crippen LogP contribution in [0.4, 0.5) is 0 Å². The SMILES string of the molecule is CCCCS(=O)(=O)Cc1cc(C(C)NCC)ccc1OC. The van der Waals surface area contributed by atoms with Crippen LogP contribution in [0.25, 0.3) is 0 Å². The quantitative estimate of drug-likeness (QED) is 0.761. The molecule has 1 rings (SSSR count). The zero-order chi connectivity index (χ0) is 15.9. The third kappa shape index (κ3) is 5.67. The van der Waals surface area contributed by atoms with E-state index < -0.39 is 9.84 Å². The second-order valence-corrected chi connectivity index (χ2v) is 7.48. The summed E-state index contributed by atoms with van der Waals surface area (Å²) in [7, 11) is -1.51. The molecule has 1 aromatic carbocycles. The summed E-state index contributed by atoms with van der Waals surface area (Å²) in [5.41, 5.74) is 1.83. The maximum Gasteiger partial charge on any atom is 0.154 e. The second-order valence-electron chi connectivity index (χ2n) is 5.30. The number of hydrogen-bond donors (Lipinski definition) is 1. The van der Waals surface area contributed by atoms with Gasteiger partial charge in [-0.3, -0.25) is 0 Å². The zero-order valence-electron chi connectivity index (χ0n) is 13.5. The molecule has 1 unspecified atom stereocenters. The average molecular weight is 313 g/mol. The predicted molar refractivity (Wildman–Crippen MR) is 87.5 cm³/mol.